The summed E-state index contributed by atoms with van der Waals surface area (Å²) in [7, 11) is 0. The van der Waals surface area contributed by atoms with Crippen LogP contribution < -0.4 is 10.5 Å². The van der Waals surface area contributed by atoms with Crippen LogP contribution >= 0.6 is 0 Å². The largest absolute Gasteiger partial charge is 0.492 e. The lowest BCUT2D eigenvalue weighted by Crippen LogP contribution is -2.38. The van der Waals surface area contributed by atoms with Crippen LogP contribution in [0.25, 0.3) is 0 Å². The highest BCUT2D eigenvalue weighted by atomic mass is 16.5. The standard InChI is InChI=1S/C16H19N3O/c17-16(18)19(13-14-7-3-1-4-8-14)11-12-20-15-9-5-2-6-10-15/h1-10H,11-13H2,(H3,17,18). The van der Waals surface area contributed by atoms with Crippen LogP contribution in [-0.4, -0.2) is 24.0 Å². The average Bonchev–Trinajstić information content (AvgIpc) is 2.48. The van der Waals surface area contributed by atoms with E-state index >= 15 is 0 Å². The van der Waals surface area contributed by atoms with Gasteiger partial charge in [0.05, 0.1) is 6.54 Å². The Balaban J connectivity index is 1.85. The van der Waals surface area contributed by atoms with E-state index in [-0.39, 0.29) is 5.96 Å². The minimum absolute atomic E-state index is 0.0607. The normalized spacial score (nSPS) is 10.0. The summed E-state index contributed by atoms with van der Waals surface area (Å²) in [5.74, 6) is 0.890. The highest BCUT2D eigenvalue weighted by Gasteiger charge is 2.07. The van der Waals surface area contributed by atoms with Gasteiger partial charge in [-0.05, 0) is 17.7 Å². The first kappa shape index (κ1) is 13.9. The Hall–Kier alpha value is -2.49. The molecule has 0 bridgehead atoms. The fourth-order valence-electron chi connectivity index (χ4n) is 1.88. The lowest BCUT2D eigenvalue weighted by molar-refractivity contribution is 0.263. The molecule has 0 aromatic heterocycles. The summed E-state index contributed by atoms with van der Waals surface area (Å²) in [6.07, 6.45) is 0. The van der Waals surface area contributed by atoms with E-state index in [4.69, 9.17) is 15.9 Å². The van der Waals surface area contributed by atoms with Crippen LogP contribution in [-0.2, 0) is 6.54 Å². The maximum absolute atomic E-state index is 7.63. The monoisotopic (exact) mass is 269 g/mol. The first-order valence-corrected chi connectivity index (χ1v) is 6.56. The van der Waals surface area contributed by atoms with Gasteiger partial charge in [0.15, 0.2) is 5.96 Å². The molecular weight excluding hydrogens is 250 g/mol. The van der Waals surface area contributed by atoms with E-state index < -0.39 is 0 Å². The third-order valence-corrected chi connectivity index (χ3v) is 2.93. The number of nitrogens with zero attached hydrogens (tertiary/aromatic N) is 1. The minimum Gasteiger partial charge on any atom is -0.492 e. The molecule has 20 heavy (non-hydrogen) atoms. The number of para-hydroxylation sites is 1. The first-order chi connectivity index (χ1) is 9.75. The molecule has 2 aromatic rings. The van der Waals surface area contributed by atoms with Crippen molar-refractivity contribution >= 4 is 5.96 Å². The maximum Gasteiger partial charge on any atom is 0.188 e. The predicted molar refractivity (Wildman–Crippen MR) is 80.7 cm³/mol. The van der Waals surface area contributed by atoms with Crippen LogP contribution in [0.4, 0.5) is 0 Å². The van der Waals surface area contributed by atoms with Gasteiger partial charge >= 0.3 is 0 Å². The van der Waals surface area contributed by atoms with Crippen molar-refractivity contribution in [1.82, 2.24) is 4.90 Å². The molecule has 2 rings (SSSR count). The van der Waals surface area contributed by atoms with Gasteiger partial charge in [-0.3, -0.25) is 5.41 Å². The third-order valence-electron chi connectivity index (χ3n) is 2.93. The molecule has 4 nitrogen and oxygen atoms in total. The molecule has 0 unspecified atom stereocenters. The number of ether oxygens (including phenoxy) is 1. The molecule has 0 aliphatic heterocycles. The second-order valence-corrected chi connectivity index (χ2v) is 4.45. The number of rotatable bonds is 6. The Bertz CT molecular complexity index is 528. The highest BCUT2D eigenvalue weighted by Crippen LogP contribution is 2.09. The lowest BCUT2D eigenvalue weighted by Gasteiger charge is -2.22. The Morgan fingerprint density at radius 2 is 1.60 bits per heavy atom. The van der Waals surface area contributed by atoms with Gasteiger partial charge in [0.2, 0.25) is 0 Å². The lowest BCUT2D eigenvalue weighted by atomic mass is 10.2. The van der Waals surface area contributed by atoms with Crippen LogP contribution in [0, 0.1) is 5.41 Å². The Morgan fingerprint density at radius 3 is 2.20 bits per heavy atom. The summed E-state index contributed by atoms with van der Waals surface area (Å²) in [5.41, 5.74) is 6.74. The van der Waals surface area contributed by atoms with Crippen LogP contribution in [0.5, 0.6) is 5.75 Å². The molecule has 0 aliphatic rings. The summed E-state index contributed by atoms with van der Waals surface area (Å²) in [6.45, 7) is 1.70. The summed E-state index contributed by atoms with van der Waals surface area (Å²) < 4.78 is 5.63. The Kier molecular flexibility index (Phi) is 5.00. The van der Waals surface area contributed by atoms with Crippen LogP contribution in [0.2, 0.25) is 0 Å². The molecule has 0 fully saturated rings. The predicted octanol–water partition coefficient (Wildman–Crippen LogP) is 2.46. The molecule has 0 atom stereocenters. The fraction of sp³-hybridized carbons (Fsp3) is 0.188. The number of benzene rings is 2. The summed E-state index contributed by atoms with van der Waals surface area (Å²) in [4.78, 5) is 1.79. The molecule has 0 spiro atoms. The van der Waals surface area contributed by atoms with Gasteiger partial charge < -0.3 is 15.4 Å². The molecule has 2 aromatic carbocycles. The molecule has 3 N–H and O–H groups in total. The maximum atomic E-state index is 7.63. The molecule has 0 saturated carbocycles. The highest BCUT2D eigenvalue weighted by molar-refractivity contribution is 5.74. The van der Waals surface area contributed by atoms with E-state index in [0.29, 0.717) is 19.7 Å². The number of hydrogen-bond donors (Lipinski definition) is 2. The van der Waals surface area contributed by atoms with Crippen molar-refractivity contribution in [1.29, 1.82) is 5.41 Å². The van der Waals surface area contributed by atoms with Crippen molar-refractivity contribution in [3.63, 3.8) is 0 Å². The number of nitrogens with one attached hydrogen (secondary N) is 1. The van der Waals surface area contributed by atoms with Crippen LogP contribution in [0.1, 0.15) is 5.56 Å². The van der Waals surface area contributed by atoms with Gasteiger partial charge in [0.1, 0.15) is 12.4 Å². The van der Waals surface area contributed by atoms with Gasteiger partial charge in [0.25, 0.3) is 0 Å². The Morgan fingerprint density at radius 1 is 1.00 bits per heavy atom. The molecule has 0 heterocycles. The molecule has 0 aliphatic carbocycles. The van der Waals surface area contributed by atoms with E-state index in [2.05, 4.69) is 0 Å². The molecular formula is C16H19N3O. The van der Waals surface area contributed by atoms with Crippen molar-refractivity contribution < 1.29 is 4.74 Å². The minimum atomic E-state index is 0.0607. The number of guanidine groups is 1. The van der Waals surface area contributed by atoms with E-state index in [1.165, 1.54) is 0 Å². The molecule has 0 radical (unpaired) electrons. The zero-order chi connectivity index (χ0) is 14.2. The van der Waals surface area contributed by atoms with Crippen molar-refractivity contribution in [2.24, 2.45) is 5.73 Å². The van der Waals surface area contributed by atoms with Gasteiger partial charge in [-0.2, -0.15) is 0 Å². The second kappa shape index (κ2) is 7.19. The third kappa shape index (κ3) is 4.31. The van der Waals surface area contributed by atoms with E-state index in [1.807, 2.05) is 60.7 Å². The van der Waals surface area contributed by atoms with Gasteiger partial charge in [-0.15, -0.1) is 0 Å². The fourth-order valence-corrected chi connectivity index (χ4v) is 1.88. The quantitative estimate of drug-likeness (QED) is 0.625. The summed E-state index contributed by atoms with van der Waals surface area (Å²) in [5, 5.41) is 7.63. The van der Waals surface area contributed by atoms with E-state index in [0.717, 1.165) is 11.3 Å². The SMILES string of the molecule is N=C(N)N(CCOc1ccccc1)Cc1ccccc1. The molecule has 0 saturated heterocycles. The average molecular weight is 269 g/mol. The van der Waals surface area contributed by atoms with E-state index in [1.54, 1.807) is 4.90 Å². The molecule has 104 valence electrons. The smallest absolute Gasteiger partial charge is 0.188 e. The topological polar surface area (TPSA) is 62.3 Å². The second-order valence-electron chi connectivity index (χ2n) is 4.45. The summed E-state index contributed by atoms with van der Waals surface area (Å²) in [6, 6.07) is 19.6. The van der Waals surface area contributed by atoms with Gasteiger partial charge in [-0.25, -0.2) is 0 Å². The van der Waals surface area contributed by atoms with Gasteiger partial charge in [0, 0.05) is 6.54 Å². The van der Waals surface area contributed by atoms with Crippen molar-refractivity contribution in [2.75, 3.05) is 13.2 Å². The Labute approximate surface area is 119 Å². The first-order valence-electron chi connectivity index (χ1n) is 6.56. The summed E-state index contributed by atoms with van der Waals surface area (Å²) >= 11 is 0. The molecule has 0 amide bonds. The van der Waals surface area contributed by atoms with Crippen molar-refractivity contribution in [3.05, 3.63) is 66.2 Å². The molecule has 4 heteroatoms. The van der Waals surface area contributed by atoms with Crippen molar-refractivity contribution in [2.45, 2.75) is 6.54 Å². The van der Waals surface area contributed by atoms with Crippen molar-refractivity contribution in [3.8, 4) is 5.75 Å². The zero-order valence-corrected chi connectivity index (χ0v) is 11.3. The zero-order valence-electron chi connectivity index (χ0n) is 11.3. The number of nitrogens with two attached hydrogens (primary N) is 1. The van der Waals surface area contributed by atoms with Gasteiger partial charge in [-0.1, -0.05) is 48.5 Å². The van der Waals surface area contributed by atoms with Crippen LogP contribution in [0.3, 0.4) is 0 Å². The van der Waals surface area contributed by atoms with Crippen LogP contribution in [0.15, 0.2) is 60.7 Å². The van der Waals surface area contributed by atoms with E-state index in [9.17, 15) is 0 Å². The number of hydrogen-bond acceptors (Lipinski definition) is 2.